The first-order valence-corrected chi connectivity index (χ1v) is 10.0. The average Bonchev–Trinajstić information content (AvgIpc) is 2.78. The number of ether oxygens (including phenoxy) is 1. The van der Waals surface area contributed by atoms with Crippen LogP contribution in [0, 0.1) is 19.7 Å². The number of aliphatic imine (C=N–C) groups is 1. The summed E-state index contributed by atoms with van der Waals surface area (Å²) in [7, 11) is 1.33. The van der Waals surface area contributed by atoms with Crippen molar-refractivity contribution in [1.29, 1.82) is 0 Å². The molecule has 3 aromatic carbocycles. The largest absolute Gasteiger partial charge is 0.469 e. The molecule has 0 saturated heterocycles. The highest BCUT2D eigenvalue weighted by atomic mass is 19.1. The van der Waals surface area contributed by atoms with Crippen LogP contribution >= 0.6 is 0 Å². The summed E-state index contributed by atoms with van der Waals surface area (Å²) in [5.74, 6) is -1.49. The van der Waals surface area contributed by atoms with Crippen LogP contribution in [0.3, 0.4) is 0 Å². The van der Waals surface area contributed by atoms with Crippen molar-refractivity contribution in [3.63, 3.8) is 0 Å². The molecule has 0 N–H and O–H groups in total. The number of hydrogen-bond donors (Lipinski definition) is 0. The van der Waals surface area contributed by atoms with Gasteiger partial charge < -0.3 is 4.74 Å². The molecule has 0 aliphatic rings. The highest BCUT2D eigenvalue weighted by molar-refractivity contribution is 6.14. The molecule has 0 radical (unpaired) electrons. The van der Waals surface area contributed by atoms with Crippen LogP contribution in [0.4, 0.5) is 10.1 Å². The van der Waals surface area contributed by atoms with E-state index in [2.05, 4.69) is 0 Å². The highest BCUT2D eigenvalue weighted by Crippen LogP contribution is 2.34. The van der Waals surface area contributed by atoms with Gasteiger partial charge in [-0.3, -0.25) is 4.79 Å². The average molecular weight is 403 g/mol. The minimum absolute atomic E-state index is 0.391. The molecule has 0 spiro atoms. The standard InChI is InChI=1S/C26H26FNO2/c1-5-21(26(29)30-4)24-18(3)17(2)23(16-22(24)27)28-25(19-12-8-6-9-13-19)20-14-10-7-11-15-20/h6-16,21H,5H2,1-4H3. The number of rotatable bonds is 6. The number of carbonyl (C=O) groups is 1. The van der Waals surface area contributed by atoms with Crippen molar-refractivity contribution in [2.24, 2.45) is 4.99 Å². The van der Waals surface area contributed by atoms with Gasteiger partial charge in [0, 0.05) is 22.8 Å². The molecule has 0 aliphatic heterocycles. The molecule has 1 unspecified atom stereocenters. The minimum Gasteiger partial charge on any atom is -0.469 e. The first kappa shape index (κ1) is 21.4. The lowest BCUT2D eigenvalue weighted by Crippen LogP contribution is -2.17. The number of benzene rings is 3. The SMILES string of the molecule is CCC(C(=O)OC)c1c(F)cc(N=C(c2ccccc2)c2ccccc2)c(C)c1C. The zero-order valence-electron chi connectivity index (χ0n) is 17.8. The molecule has 154 valence electrons. The van der Waals surface area contributed by atoms with Gasteiger partial charge in [-0.2, -0.15) is 0 Å². The van der Waals surface area contributed by atoms with Crippen molar-refractivity contribution in [3.8, 4) is 0 Å². The van der Waals surface area contributed by atoms with Crippen LogP contribution < -0.4 is 0 Å². The maximum atomic E-state index is 15.2. The van der Waals surface area contributed by atoms with Gasteiger partial charge in [-0.15, -0.1) is 0 Å². The van der Waals surface area contributed by atoms with E-state index in [1.807, 2.05) is 81.4 Å². The van der Waals surface area contributed by atoms with E-state index in [-0.39, 0.29) is 0 Å². The number of halogens is 1. The van der Waals surface area contributed by atoms with Gasteiger partial charge in [0.15, 0.2) is 0 Å². The fourth-order valence-corrected chi connectivity index (χ4v) is 3.66. The third kappa shape index (κ3) is 4.33. The van der Waals surface area contributed by atoms with Crippen LogP contribution in [0.1, 0.15) is 47.1 Å². The van der Waals surface area contributed by atoms with E-state index in [1.54, 1.807) is 0 Å². The molecule has 3 aromatic rings. The van der Waals surface area contributed by atoms with Crippen LogP contribution in [-0.2, 0) is 9.53 Å². The Morgan fingerprint density at radius 1 is 0.967 bits per heavy atom. The summed E-state index contributed by atoms with van der Waals surface area (Å²) in [5, 5.41) is 0. The van der Waals surface area contributed by atoms with Crippen molar-refractivity contribution in [3.05, 3.63) is 100 Å². The van der Waals surface area contributed by atoms with E-state index >= 15 is 4.39 Å². The zero-order valence-corrected chi connectivity index (χ0v) is 17.8. The lowest BCUT2D eigenvalue weighted by molar-refractivity contribution is -0.142. The predicted octanol–water partition coefficient (Wildman–Crippen LogP) is 6.28. The lowest BCUT2D eigenvalue weighted by Gasteiger charge is -2.19. The molecule has 0 fully saturated rings. The van der Waals surface area contributed by atoms with Crippen molar-refractivity contribution in [1.82, 2.24) is 0 Å². The third-order valence-electron chi connectivity index (χ3n) is 5.44. The molecule has 0 heterocycles. The van der Waals surface area contributed by atoms with E-state index in [4.69, 9.17) is 9.73 Å². The molecule has 0 saturated carbocycles. The second-order valence-corrected chi connectivity index (χ2v) is 7.22. The van der Waals surface area contributed by atoms with Crippen LogP contribution in [0.5, 0.6) is 0 Å². The number of nitrogens with zero attached hydrogens (tertiary/aromatic N) is 1. The van der Waals surface area contributed by atoms with Gasteiger partial charge in [0.25, 0.3) is 0 Å². The van der Waals surface area contributed by atoms with Gasteiger partial charge in [0.05, 0.1) is 24.4 Å². The van der Waals surface area contributed by atoms with Gasteiger partial charge >= 0.3 is 5.97 Å². The summed E-state index contributed by atoms with van der Waals surface area (Å²) in [6.07, 6.45) is 0.464. The van der Waals surface area contributed by atoms with Crippen LogP contribution in [-0.4, -0.2) is 18.8 Å². The summed E-state index contributed by atoms with van der Waals surface area (Å²) in [5.41, 5.74) is 5.19. The van der Waals surface area contributed by atoms with Gasteiger partial charge in [-0.1, -0.05) is 67.6 Å². The Kier molecular flexibility index (Phi) is 6.78. The summed E-state index contributed by atoms with van der Waals surface area (Å²) in [6.45, 7) is 5.60. The second-order valence-electron chi connectivity index (χ2n) is 7.22. The smallest absolute Gasteiger partial charge is 0.313 e. The van der Waals surface area contributed by atoms with Crippen molar-refractivity contribution >= 4 is 17.4 Å². The molecule has 1 atom stereocenters. The summed E-state index contributed by atoms with van der Waals surface area (Å²) < 4.78 is 20.1. The molecule has 3 rings (SSSR count). The number of carbonyl (C=O) groups excluding carboxylic acids is 1. The number of esters is 1. The summed E-state index contributed by atoms with van der Waals surface area (Å²) in [4.78, 5) is 17.0. The molecule has 0 aliphatic carbocycles. The van der Waals surface area contributed by atoms with Crippen LogP contribution in [0.25, 0.3) is 0 Å². The Labute approximate surface area is 177 Å². The van der Waals surface area contributed by atoms with E-state index < -0.39 is 17.7 Å². The zero-order chi connectivity index (χ0) is 21.7. The molecular weight excluding hydrogens is 377 g/mol. The predicted molar refractivity (Wildman–Crippen MR) is 119 cm³/mol. The van der Waals surface area contributed by atoms with E-state index in [9.17, 15) is 4.79 Å². The van der Waals surface area contributed by atoms with Gasteiger partial charge in [-0.25, -0.2) is 9.38 Å². The van der Waals surface area contributed by atoms with E-state index in [0.717, 1.165) is 28.0 Å². The summed E-state index contributed by atoms with van der Waals surface area (Å²) >= 11 is 0. The van der Waals surface area contributed by atoms with E-state index in [0.29, 0.717) is 17.7 Å². The van der Waals surface area contributed by atoms with Crippen molar-refractivity contribution in [2.45, 2.75) is 33.1 Å². The molecule has 30 heavy (non-hydrogen) atoms. The maximum absolute atomic E-state index is 15.2. The monoisotopic (exact) mass is 403 g/mol. The first-order chi connectivity index (χ1) is 14.5. The van der Waals surface area contributed by atoms with Crippen molar-refractivity contribution in [2.75, 3.05) is 7.11 Å². The Balaban J connectivity index is 2.19. The van der Waals surface area contributed by atoms with Crippen LogP contribution in [0.15, 0.2) is 71.7 Å². The van der Waals surface area contributed by atoms with Crippen LogP contribution in [0.2, 0.25) is 0 Å². The number of methoxy groups -OCH3 is 1. The molecule has 0 amide bonds. The molecule has 3 nitrogen and oxygen atoms in total. The van der Waals surface area contributed by atoms with Gasteiger partial charge in [-0.05, 0) is 31.4 Å². The minimum atomic E-state index is -0.630. The number of hydrogen-bond acceptors (Lipinski definition) is 3. The highest BCUT2D eigenvalue weighted by Gasteiger charge is 2.26. The topological polar surface area (TPSA) is 38.7 Å². The van der Waals surface area contributed by atoms with Gasteiger partial charge in [0.2, 0.25) is 0 Å². The van der Waals surface area contributed by atoms with Gasteiger partial charge in [0.1, 0.15) is 5.82 Å². The molecule has 4 heteroatoms. The quantitative estimate of drug-likeness (QED) is 0.359. The molecule has 0 bridgehead atoms. The maximum Gasteiger partial charge on any atom is 0.313 e. The van der Waals surface area contributed by atoms with Crippen molar-refractivity contribution < 1.29 is 13.9 Å². The molecular formula is C26H26FNO2. The van der Waals surface area contributed by atoms with E-state index in [1.165, 1.54) is 13.2 Å². The third-order valence-corrected chi connectivity index (χ3v) is 5.44. The summed E-state index contributed by atoms with van der Waals surface area (Å²) in [6, 6.07) is 21.1. The second kappa shape index (κ2) is 9.49. The molecule has 0 aromatic heterocycles. The first-order valence-electron chi connectivity index (χ1n) is 10.0. The Morgan fingerprint density at radius 2 is 1.50 bits per heavy atom. The fourth-order valence-electron chi connectivity index (χ4n) is 3.66. The Hall–Kier alpha value is -3.27. The Bertz CT molecular complexity index is 1020. The Morgan fingerprint density at radius 3 is 1.97 bits per heavy atom. The fraction of sp³-hybridized carbons (Fsp3) is 0.231. The normalized spacial score (nSPS) is 11.6. The lowest BCUT2D eigenvalue weighted by atomic mass is 9.89.